The summed E-state index contributed by atoms with van der Waals surface area (Å²) in [6.45, 7) is 2.04. The molecule has 2 N–H and O–H groups in total. The van der Waals surface area contributed by atoms with Gasteiger partial charge < -0.3 is 4.98 Å². The molecule has 4 aromatic rings. The predicted octanol–water partition coefficient (Wildman–Crippen LogP) is 4.20. The van der Waals surface area contributed by atoms with Gasteiger partial charge in [-0.15, -0.1) is 0 Å². The van der Waals surface area contributed by atoms with Crippen LogP contribution in [0.5, 0.6) is 0 Å². The van der Waals surface area contributed by atoms with Crippen LogP contribution < -0.4 is 11.2 Å². The summed E-state index contributed by atoms with van der Waals surface area (Å²) in [5.74, 6) is 0.111. The zero-order valence-corrected chi connectivity index (χ0v) is 18.3. The highest BCUT2D eigenvalue weighted by Crippen LogP contribution is 2.38. The number of aryl methyl sites for hydroxylation is 2. The van der Waals surface area contributed by atoms with Crippen LogP contribution in [0, 0.1) is 6.92 Å². The number of aromatic amines is 2. The van der Waals surface area contributed by atoms with Crippen molar-refractivity contribution in [2.75, 3.05) is 0 Å². The van der Waals surface area contributed by atoms with E-state index in [4.69, 9.17) is 0 Å². The van der Waals surface area contributed by atoms with Gasteiger partial charge in [0.25, 0.3) is 5.56 Å². The van der Waals surface area contributed by atoms with E-state index in [0.717, 1.165) is 41.7 Å². The highest BCUT2D eigenvalue weighted by Gasteiger charge is 2.24. The minimum Gasteiger partial charge on any atom is -0.311 e. The fourth-order valence-electron chi connectivity index (χ4n) is 4.97. The SMILES string of the molecule is Cc1nn(C)c2c(C3=CCC(c4[nH]c(=O)[nH]c(=O)c4Cc4ccccc4)CC3)cccc12. The molecule has 1 aliphatic carbocycles. The van der Waals surface area contributed by atoms with Crippen LogP contribution in [0.2, 0.25) is 0 Å². The van der Waals surface area contributed by atoms with Crippen LogP contribution in [0.1, 0.15) is 53.3 Å². The number of rotatable bonds is 4. The van der Waals surface area contributed by atoms with Crippen molar-refractivity contribution in [1.82, 2.24) is 19.7 Å². The Morgan fingerprint density at radius 2 is 1.88 bits per heavy atom. The van der Waals surface area contributed by atoms with Gasteiger partial charge in [-0.05, 0) is 37.3 Å². The molecule has 32 heavy (non-hydrogen) atoms. The van der Waals surface area contributed by atoms with Crippen LogP contribution in [0.25, 0.3) is 16.5 Å². The summed E-state index contributed by atoms with van der Waals surface area (Å²) in [5, 5.41) is 5.77. The number of hydrogen-bond acceptors (Lipinski definition) is 3. The molecular formula is C26H26N4O2. The fraction of sp³-hybridized carbons (Fsp3) is 0.269. The maximum absolute atomic E-state index is 12.7. The van der Waals surface area contributed by atoms with Crippen LogP contribution in [0.15, 0.2) is 64.2 Å². The first-order valence-corrected chi connectivity index (χ1v) is 11.0. The Kier molecular flexibility index (Phi) is 5.13. The smallest absolute Gasteiger partial charge is 0.311 e. The third kappa shape index (κ3) is 3.62. The number of para-hydroxylation sites is 1. The maximum Gasteiger partial charge on any atom is 0.325 e. The van der Waals surface area contributed by atoms with E-state index >= 15 is 0 Å². The van der Waals surface area contributed by atoms with Crippen molar-refractivity contribution in [2.24, 2.45) is 7.05 Å². The van der Waals surface area contributed by atoms with Gasteiger partial charge in [0.1, 0.15) is 0 Å². The second kappa shape index (κ2) is 8.11. The number of aromatic nitrogens is 4. The summed E-state index contributed by atoms with van der Waals surface area (Å²) in [6, 6.07) is 16.3. The lowest BCUT2D eigenvalue weighted by Crippen LogP contribution is -2.30. The fourth-order valence-corrected chi connectivity index (χ4v) is 4.97. The lowest BCUT2D eigenvalue weighted by molar-refractivity contribution is 0.596. The summed E-state index contributed by atoms with van der Waals surface area (Å²) in [7, 11) is 1.99. The minimum atomic E-state index is -0.438. The number of fused-ring (bicyclic) bond motifs is 1. The summed E-state index contributed by atoms with van der Waals surface area (Å²) in [5.41, 5.74) is 6.45. The Labute approximate surface area is 185 Å². The monoisotopic (exact) mass is 426 g/mol. The summed E-state index contributed by atoms with van der Waals surface area (Å²) >= 11 is 0. The topological polar surface area (TPSA) is 83.5 Å². The van der Waals surface area contributed by atoms with Crippen molar-refractivity contribution in [3.05, 3.63) is 104 Å². The molecular weight excluding hydrogens is 400 g/mol. The molecule has 0 radical (unpaired) electrons. The molecule has 2 heterocycles. The summed E-state index contributed by atoms with van der Waals surface area (Å²) in [6.07, 6.45) is 5.30. The maximum atomic E-state index is 12.7. The van der Waals surface area contributed by atoms with E-state index in [1.54, 1.807) is 0 Å². The molecule has 0 aliphatic heterocycles. The van der Waals surface area contributed by atoms with Crippen molar-refractivity contribution < 1.29 is 0 Å². The van der Waals surface area contributed by atoms with Crippen LogP contribution in [0.3, 0.4) is 0 Å². The molecule has 0 saturated heterocycles. The average Bonchev–Trinajstić information content (AvgIpc) is 3.10. The van der Waals surface area contributed by atoms with E-state index in [2.05, 4.69) is 39.3 Å². The van der Waals surface area contributed by atoms with E-state index in [1.807, 2.05) is 49.0 Å². The zero-order valence-electron chi connectivity index (χ0n) is 18.3. The first-order valence-electron chi connectivity index (χ1n) is 11.0. The molecule has 6 nitrogen and oxygen atoms in total. The van der Waals surface area contributed by atoms with Crippen molar-refractivity contribution in [2.45, 2.75) is 38.5 Å². The van der Waals surface area contributed by atoms with Gasteiger partial charge in [0.2, 0.25) is 0 Å². The standard InChI is InChI=1S/C26H26N4O2/c1-16-20-9-6-10-21(24(20)30(2)29-16)18-11-13-19(14-12-18)23-22(25(31)28-26(32)27-23)15-17-7-4-3-5-8-17/h3-11,19H,12-15H2,1-2H3,(H2,27,28,31,32). The second-order valence-electron chi connectivity index (χ2n) is 8.57. The van der Waals surface area contributed by atoms with Crippen molar-refractivity contribution in [3.63, 3.8) is 0 Å². The molecule has 6 heteroatoms. The van der Waals surface area contributed by atoms with Gasteiger partial charge >= 0.3 is 5.69 Å². The van der Waals surface area contributed by atoms with Gasteiger partial charge in [-0.25, -0.2) is 4.79 Å². The zero-order chi connectivity index (χ0) is 22.2. The number of benzene rings is 2. The van der Waals surface area contributed by atoms with Gasteiger partial charge in [-0.3, -0.25) is 14.5 Å². The highest BCUT2D eigenvalue weighted by atomic mass is 16.2. The third-order valence-electron chi connectivity index (χ3n) is 6.51. The summed E-state index contributed by atoms with van der Waals surface area (Å²) in [4.78, 5) is 30.1. The number of hydrogen-bond donors (Lipinski definition) is 2. The number of H-pyrrole nitrogens is 2. The van der Waals surface area contributed by atoms with Gasteiger partial charge in [0.05, 0.1) is 11.2 Å². The number of nitrogens with one attached hydrogen (secondary N) is 2. The summed E-state index contributed by atoms with van der Waals surface area (Å²) < 4.78 is 1.96. The molecule has 0 saturated carbocycles. The van der Waals surface area contributed by atoms with Crippen molar-refractivity contribution in [1.29, 1.82) is 0 Å². The van der Waals surface area contributed by atoms with Crippen LogP contribution in [0.4, 0.5) is 0 Å². The molecule has 0 spiro atoms. The largest absolute Gasteiger partial charge is 0.325 e. The number of allylic oxidation sites excluding steroid dienone is 2. The Morgan fingerprint density at radius 3 is 2.62 bits per heavy atom. The van der Waals surface area contributed by atoms with Gasteiger partial charge in [0.15, 0.2) is 0 Å². The predicted molar refractivity (Wildman–Crippen MR) is 127 cm³/mol. The number of nitrogens with zero attached hydrogens (tertiary/aromatic N) is 2. The van der Waals surface area contributed by atoms with Gasteiger partial charge in [-0.2, -0.15) is 5.10 Å². The Balaban J connectivity index is 1.50. The van der Waals surface area contributed by atoms with E-state index in [0.29, 0.717) is 12.0 Å². The van der Waals surface area contributed by atoms with E-state index in [1.165, 1.54) is 16.5 Å². The second-order valence-corrected chi connectivity index (χ2v) is 8.57. The molecule has 5 rings (SSSR count). The molecule has 0 fully saturated rings. The molecule has 162 valence electrons. The molecule has 0 amide bonds. The lowest BCUT2D eigenvalue weighted by atomic mass is 9.82. The molecule has 1 atom stereocenters. The van der Waals surface area contributed by atoms with Crippen LogP contribution >= 0.6 is 0 Å². The lowest BCUT2D eigenvalue weighted by Gasteiger charge is -2.24. The van der Waals surface area contributed by atoms with Gasteiger partial charge in [-0.1, -0.05) is 54.6 Å². The molecule has 1 aliphatic rings. The quantitative estimate of drug-likeness (QED) is 0.513. The average molecular weight is 427 g/mol. The van der Waals surface area contributed by atoms with Gasteiger partial charge in [0, 0.05) is 41.6 Å². The Morgan fingerprint density at radius 1 is 1.06 bits per heavy atom. The van der Waals surface area contributed by atoms with Crippen molar-refractivity contribution in [3.8, 4) is 0 Å². The Hall–Kier alpha value is -3.67. The normalized spacial score (nSPS) is 16.3. The highest BCUT2D eigenvalue weighted by molar-refractivity contribution is 5.93. The minimum absolute atomic E-state index is 0.111. The molecule has 2 aromatic heterocycles. The van der Waals surface area contributed by atoms with E-state index in [-0.39, 0.29) is 11.5 Å². The first-order chi connectivity index (χ1) is 15.5. The van der Waals surface area contributed by atoms with Crippen molar-refractivity contribution >= 4 is 16.5 Å². The molecule has 1 unspecified atom stereocenters. The van der Waals surface area contributed by atoms with Crippen LogP contribution in [-0.4, -0.2) is 19.7 Å². The van der Waals surface area contributed by atoms with E-state index < -0.39 is 5.69 Å². The Bertz CT molecular complexity index is 1440. The molecule has 0 bridgehead atoms. The molecule has 2 aromatic carbocycles. The van der Waals surface area contributed by atoms with E-state index in [9.17, 15) is 9.59 Å². The first kappa shape index (κ1) is 20.2. The third-order valence-corrected chi connectivity index (χ3v) is 6.51. The van der Waals surface area contributed by atoms with Crippen LogP contribution in [-0.2, 0) is 13.5 Å².